The average Bonchev–Trinajstić information content (AvgIpc) is 2.56. The van der Waals surface area contributed by atoms with Crippen LogP contribution >= 0.6 is 11.3 Å². The molecule has 0 aliphatic heterocycles. The first-order valence-electron chi connectivity index (χ1n) is 5.88. The largest absolute Gasteiger partial charge is 0.480 e. The molecule has 0 aliphatic rings. The number of aliphatic carboxylic acids is 1. The summed E-state index contributed by atoms with van der Waals surface area (Å²) in [6.45, 7) is 8.00. The van der Waals surface area contributed by atoms with Gasteiger partial charge in [-0.15, -0.1) is 11.3 Å². The number of carbonyl (C=O) groups excluding carboxylic acids is 1. The molecule has 5 heteroatoms. The third-order valence-electron chi connectivity index (χ3n) is 2.71. The second-order valence-corrected chi connectivity index (χ2v) is 5.89. The Labute approximate surface area is 111 Å². The number of aryl methyl sites for hydroxylation is 1. The maximum Gasteiger partial charge on any atom is 0.323 e. The van der Waals surface area contributed by atoms with E-state index in [1.165, 1.54) is 16.2 Å². The second kappa shape index (κ2) is 6.00. The molecule has 1 amide bonds. The lowest BCUT2D eigenvalue weighted by atomic mass is 10.1. The average molecular weight is 269 g/mol. The van der Waals surface area contributed by atoms with Crippen LogP contribution in [0.1, 0.15) is 34.6 Å². The lowest BCUT2D eigenvalue weighted by molar-refractivity contribution is -0.137. The van der Waals surface area contributed by atoms with Crippen molar-refractivity contribution in [2.24, 2.45) is 5.92 Å². The molecular weight excluding hydrogens is 250 g/mol. The Morgan fingerprint density at radius 1 is 1.39 bits per heavy atom. The molecule has 1 heterocycles. The summed E-state index contributed by atoms with van der Waals surface area (Å²) in [7, 11) is 0. The minimum absolute atomic E-state index is 0.187. The van der Waals surface area contributed by atoms with Crippen molar-refractivity contribution in [2.75, 3.05) is 13.1 Å². The Hall–Kier alpha value is -1.36. The summed E-state index contributed by atoms with van der Waals surface area (Å²) in [6, 6.07) is 0. The van der Waals surface area contributed by atoms with Gasteiger partial charge in [-0.05, 0) is 25.3 Å². The van der Waals surface area contributed by atoms with Gasteiger partial charge in [-0.1, -0.05) is 13.8 Å². The van der Waals surface area contributed by atoms with Crippen molar-refractivity contribution in [3.63, 3.8) is 0 Å². The fourth-order valence-electron chi connectivity index (χ4n) is 1.72. The van der Waals surface area contributed by atoms with Gasteiger partial charge in [-0.25, -0.2) is 0 Å². The van der Waals surface area contributed by atoms with E-state index in [9.17, 15) is 9.59 Å². The maximum atomic E-state index is 12.3. The number of carbonyl (C=O) groups is 2. The molecule has 0 unspecified atom stereocenters. The lowest BCUT2D eigenvalue weighted by Crippen LogP contribution is -2.38. The fraction of sp³-hybridized carbons (Fsp3) is 0.538. The first kappa shape index (κ1) is 14.7. The molecular formula is C13H19NO3S. The van der Waals surface area contributed by atoms with Gasteiger partial charge in [0.15, 0.2) is 0 Å². The number of hydrogen-bond donors (Lipinski definition) is 1. The van der Waals surface area contributed by atoms with Gasteiger partial charge in [-0.2, -0.15) is 0 Å². The molecule has 18 heavy (non-hydrogen) atoms. The van der Waals surface area contributed by atoms with E-state index in [2.05, 4.69) is 0 Å². The number of carboxylic acids is 1. The summed E-state index contributed by atoms with van der Waals surface area (Å²) >= 11 is 1.52. The zero-order valence-corrected chi connectivity index (χ0v) is 12.0. The molecule has 0 atom stereocenters. The standard InChI is InChI=1S/C13H19NO3S/c1-8(2)5-14(6-12(15)16)13(17)11-7-18-10(4)9(11)3/h7-8H,5-6H2,1-4H3,(H,15,16). The summed E-state index contributed by atoms with van der Waals surface area (Å²) < 4.78 is 0. The van der Waals surface area contributed by atoms with Gasteiger partial charge >= 0.3 is 5.97 Å². The van der Waals surface area contributed by atoms with E-state index in [1.807, 2.05) is 33.1 Å². The highest BCUT2D eigenvalue weighted by molar-refractivity contribution is 7.10. The van der Waals surface area contributed by atoms with E-state index >= 15 is 0 Å². The predicted molar refractivity (Wildman–Crippen MR) is 72.2 cm³/mol. The zero-order chi connectivity index (χ0) is 13.9. The third-order valence-corrected chi connectivity index (χ3v) is 3.73. The Bertz CT molecular complexity index is 451. The quantitative estimate of drug-likeness (QED) is 0.893. The van der Waals surface area contributed by atoms with Crippen LogP contribution < -0.4 is 0 Å². The topological polar surface area (TPSA) is 57.6 Å². The van der Waals surface area contributed by atoms with Crippen LogP contribution in [0.4, 0.5) is 0 Å². The molecule has 0 spiro atoms. The highest BCUT2D eigenvalue weighted by Crippen LogP contribution is 2.22. The number of hydrogen-bond acceptors (Lipinski definition) is 3. The Balaban J connectivity index is 2.94. The number of rotatable bonds is 5. The van der Waals surface area contributed by atoms with Gasteiger partial charge in [0, 0.05) is 16.8 Å². The molecule has 0 aromatic carbocycles. The van der Waals surface area contributed by atoms with Crippen molar-refractivity contribution in [3.05, 3.63) is 21.4 Å². The van der Waals surface area contributed by atoms with Crippen molar-refractivity contribution in [1.29, 1.82) is 0 Å². The molecule has 1 N–H and O–H groups in total. The van der Waals surface area contributed by atoms with Gasteiger partial charge in [-0.3, -0.25) is 9.59 Å². The second-order valence-electron chi connectivity index (χ2n) is 4.80. The van der Waals surface area contributed by atoms with Crippen LogP contribution in [0.15, 0.2) is 5.38 Å². The summed E-state index contributed by atoms with van der Waals surface area (Å²) in [6.07, 6.45) is 0. The van der Waals surface area contributed by atoms with Crippen LogP contribution in [0.3, 0.4) is 0 Å². The van der Waals surface area contributed by atoms with Crippen molar-refractivity contribution in [3.8, 4) is 0 Å². The van der Waals surface area contributed by atoms with Crippen LogP contribution in [-0.4, -0.2) is 35.0 Å². The van der Waals surface area contributed by atoms with Crippen LogP contribution in [0, 0.1) is 19.8 Å². The first-order chi connectivity index (χ1) is 8.32. The SMILES string of the molecule is Cc1scc(C(=O)N(CC(=O)O)CC(C)C)c1C. The highest BCUT2D eigenvalue weighted by Gasteiger charge is 2.22. The lowest BCUT2D eigenvalue weighted by Gasteiger charge is -2.22. The van der Waals surface area contributed by atoms with Crippen molar-refractivity contribution >= 4 is 23.2 Å². The summed E-state index contributed by atoms with van der Waals surface area (Å²) in [5.41, 5.74) is 1.57. The molecule has 1 rings (SSSR count). The van der Waals surface area contributed by atoms with Crippen molar-refractivity contribution in [2.45, 2.75) is 27.7 Å². The molecule has 0 bridgehead atoms. The van der Waals surface area contributed by atoms with Gasteiger partial charge in [0.1, 0.15) is 6.54 Å². The first-order valence-corrected chi connectivity index (χ1v) is 6.76. The minimum Gasteiger partial charge on any atom is -0.480 e. The van der Waals surface area contributed by atoms with Gasteiger partial charge < -0.3 is 10.0 Å². The highest BCUT2D eigenvalue weighted by atomic mass is 32.1. The molecule has 0 fully saturated rings. The third kappa shape index (κ3) is 3.57. The number of thiophene rings is 1. The molecule has 0 radical (unpaired) electrons. The van der Waals surface area contributed by atoms with E-state index in [-0.39, 0.29) is 18.4 Å². The van der Waals surface area contributed by atoms with Crippen LogP contribution in [0.5, 0.6) is 0 Å². The summed E-state index contributed by atoms with van der Waals surface area (Å²) in [5, 5.41) is 10.7. The van der Waals surface area contributed by atoms with Gasteiger partial charge in [0.25, 0.3) is 5.91 Å². The van der Waals surface area contributed by atoms with E-state index < -0.39 is 5.97 Å². The minimum atomic E-state index is -0.978. The molecule has 4 nitrogen and oxygen atoms in total. The summed E-state index contributed by atoms with van der Waals surface area (Å²) in [5.74, 6) is -0.921. The van der Waals surface area contributed by atoms with E-state index in [0.717, 1.165) is 10.4 Å². The van der Waals surface area contributed by atoms with Crippen molar-refractivity contribution < 1.29 is 14.7 Å². The smallest absolute Gasteiger partial charge is 0.323 e. The van der Waals surface area contributed by atoms with E-state index in [1.54, 1.807) is 0 Å². The summed E-state index contributed by atoms with van der Waals surface area (Å²) in [4.78, 5) is 25.6. The fourth-order valence-corrected chi connectivity index (χ4v) is 2.58. The molecule has 1 aromatic heterocycles. The molecule has 0 saturated heterocycles. The number of nitrogens with zero attached hydrogens (tertiary/aromatic N) is 1. The predicted octanol–water partition coefficient (Wildman–Crippen LogP) is 2.55. The zero-order valence-electron chi connectivity index (χ0n) is 11.2. The molecule has 0 saturated carbocycles. The Morgan fingerprint density at radius 3 is 2.39 bits per heavy atom. The van der Waals surface area contributed by atoms with E-state index in [0.29, 0.717) is 12.1 Å². The normalized spacial score (nSPS) is 10.7. The maximum absolute atomic E-state index is 12.3. The van der Waals surface area contributed by atoms with Gasteiger partial charge in [0.2, 0.25) is 0 Å². The molecule has 1 aromatic rings. The molecule has 100 valence electrons. The number of carboxylic acid groups (broad SMARTS) is 1. The van der Waals surface area contributed by atoms with Crippen molar-refractivity contribution in [1.82, 2.24) is 4.90 Å². The van der Waals surface area contributed by atoms with Crippen LogP contribution in [-0.2, 0) is 4.79 Å². The Morgan fingerprint density at radius 2 is 2.00 bits per heavy atom. The number of amides is 1. The van der Waals surface area contributed by atoms with E-state index in [4.69, 9.17) is 5.11 Å². The monoisotopic (exact) mass is 269 g/mol. The Kier molecular flexibility index (Phi) is 4.90. The van der Waals surface area contributed by atoms with Gasteiger partial charge in [0.05, 0.1) is 5.56 Å². The molecule has 0 aliphatic carbocycles. The van der Waals surface area contributed by atoms with Crippen LogP contribution in [0.25, 0.3) is 0 Å². The van der Waals surface area contributed by atoms with Crippen LogP contribution in [0.2, 0.25) is 0 Å².